The lowest BCUT2D eigenvalue weighted by molar-refractivity contribution is 1.24. The molecule has 0 saturated heterocycles. The number of pyridine rings is 1. The molecule has 0 saturated carbocycles. The summed E-state index contributed by atoms with van der Waals surface area (Å²) >= 11 is 5.79. The van der Waals surface area contributed by atoms with Gasteiger partial charge in [-0.05, 0) is 30.3 Å². The highest BCUT2D eigenvalue weighted by atomic mass is 35.5. The quantitative estimate of drug-likeness (QED) is 0.647. The van der Waals surface area contributed by atoms with E-state index in [0.29, 0.717) is 16.5 Å². The molecule has 0 fully saturated rings. The zero-order chi connectivity index (χ0) is 11.8. The van der Waals surface area contributed by atoms with Gasteiger partial charge in [0.05, 0.1) is 16.1 Å². The Morgan fingerprint density at radius 2 is 2.06 bits per heavy atom. The summed E-state index contributed by atoms with van der Waals surface area (Å²) in [6, 6.07) is 9.15. The number of nitrogen functional groups attached to an aromatic ring is 1. The van der Waals surface area contributed by atoms with Crippen LogP contribution in [0, 0.1) is 0 Å². The summed E-state index contributed by atoms with van der Waals surface area (Å²) in [6.07, 6.45) is 1.60. The molecule has 2 aromatic heterocycles. The minimum absolute atomic E-state index is 0.606. The van der Waals surface area contributed by atoms with Crippen molar-refractivity contribution in [2.45, 2.75) is 0 Å². The summed E-state index contributed by atoms with van der Waals surface area (Å²) in [5, 5.41) is 0.606. The molecule has 0 radical (unpaired) electrons. The number of nitrogens with one attached hydrogen (secondary N) is 1. The van der Waals surface area contributed by atoms with E-state index in [2.05, 4.69) is 15.0 Å². The van der Waals surface area contributed by atoms with E-state index in [9.17, 15) is 0 Å². The number of rotatable bonds is 1. The van der Waals surface area contributed by atoms with Gasteiger partial charge in [0.25, 0.3) is 0 Å². The zero-order valence-electron chi connectivity index (χ0n) is 8.81. The summed E-state index contributed by atoms with van der Waals surface area (Å²) in [4.78, 5) is 11.8. The molecule has 17 heavy (non-hydrogen) atoms. The highest BCUT2D eigenvalue weighted by molar-refractivity contribution is 6.30. The Morgan fingerprint density at radius 3 is 2.82 bits per heavy atom. The van der Waals surface area contributed by atoms with E-state index in [1.807, 2.05) is 24.3 Å². The maximum Gasteiger partial charge on any atom is 0.157 e. The van der Waals surface area contributed by atoms with E-state index >= 15 is 0 Å². The molecule has 0 atom stereocenters. The first-order valence-corrected chi connectivity index (χ1v) is 5.47. The number of hydrogen-bond donors (Lipinski definition) is 2. The minimum atomic E-state index is 0.606. The average Bonchev–Trinajstić information content (AvgIpc) is 2.72. The first-order chi connectivity index (χ1) is 8.22. The second-order valence-electron chi connectivity index (χ2n) is 3.72. The molecule has 5 heteroatoms. The van der Waals surface area contributed by atoms with Gasteiger partial charge in [-0.2, -0.15) is 0 Å². The zero-order valence-corrected chi connectivity index (χ0v) is 9.57. The summed E-state index contributed by atoms with van der Waals surface area (Å²) < 4.78 is 0. The molecule has 0 amide bonds. The van der Waals surface area contributed by atoms with Gasteiger partial charge in [-0.1, -0.05) is 11.6 Å². The largest absolute Gasteiger partial charge is 0.399 e. The van der Waals surface area contributed by atoms with Crippen molar-refractivity contribution in [2.75, 3.05) is 5.73 Å². The molecule has 1 aromatic carbocycles. The van der Waals surface area contributed by atoms with Gasteiger partial charge in [-0.25, -0.2) is 4.98 Å². The van der Waals surface area contributed by atoms with Crippen LogP contribution in [0.25, 0.3) is 22.6 Å². The summed E-state index contributed by atoms with van der Waals surface area (Å²) in [5.74, 6) is 0.710. The van der Waals surface area contributed by atoms with Crippen LogP contribution in [0.15, 0.2) is 36.5 Å². The molecule has 0 spiro atoms. The van der Waals surface area contributed by atoms with E-state index in [0.717, 1.165) is 16.7 Å². The normalized spacial score (nSPS) is 10.9. The second kappa shape index (κ2) is 3.75. The van der Waals surface area contributed by atoms with Crippen LogP contribution in [-0.4, -0.2) is 15.0 Å². The molecule has 4 nitrogen and oxygen atoms in total. The fourth-order valence-corrected chi connectivity index (χ4v) is 1.78. The van der Waals surface area contributed by atoms with Crippen molar-refractivity contribution in [2.24, 2.45) is 0 Å². The molecule has 3 N–H and O–H groups in total. The third-order valence-electron chi connectivity index (χ3n) is 2.48. The van der Waals surface area contributed by atoms with Crippen molar-refractivity contribution in [3.8, 4) is 11.5 Å². The minimum Gasteiger partial charge on any atom is -0.399 e. The van der Waals surface area contributed by atoms with Crippen LogP contribution in [0.4, 0.5) is 5.69 Å². The predicted octanol–water partition coefficient (Wildman–Crippen LogP) is 2.86. The van der Waals surface area contributed by atoms with E-state index < -0.39 is 0 Å². The fourth-order valence-electron chi connectivity index (χ4n) is 1.66. The van der Waals surface area contributed by atoms with Gasteiger partial charge < -0.3 is 10.7 Å². The van der Waals surface area contributed by atoms with E-state index in [4.69, 9.17) is 17.3 Å². The number of nitrogens with two attached hydrogens (primary N) is 1. The third kappa shape index (κ3) is 1.83. The van der Waals surface area contributed by atoms with Gasteiger partial charge in [-0.3, -0.25) is 4.98 Å². The molecule has 0 aliphatic heterocycles. The maximum absolute atomic E-state index is 5.79. The molecule has 3 rings (SSSR count). The third-order valence-corrected chi connectivity index (χ3v) is 2.70. The number of anilines is 1. The van der Waals surface area contributed by atoms with Crippen molar-refractivity contribution in [1.29, 1.82) is 0 Å². The molecule has 2 heterocycles. The first kappa shape index (κ1) is 10.1. The molecule has 0 aliphatic carbocycles. The number of fused-ring (bicyclic) bond motifs is 1. The Hall–Kier alpha value is -2.07. The van der Waals surface area contributed by atoms with E-state index in [1.54, 1.807) is 12.3 Å². The number of nitrogens with zero attached hydrogens (tertiary/aromatic N) is 2. The van der Waals surface area contributed by atoms with Gasteiger partial charge in [0.15, 0.2) is 5.82 Å². The van der Waals surface area contributed by atoms with Crippen LogP contribution in [0.2, 0.25) is 5.02 Å². The molecule has 84 valence electrons. The van der Waals surface area contributed by atoms with Crippen molar-refractivity contribution < 1.29 is 0 Å². The van der Waals surface area contributed by atoms with Crippen LogP contribution in [0.3, 0.4) is 0 Å². The van der Waals surface area contributed by atoms with Crippen LogP contribution in [0.1, 0.15) is 0 Å². The molecule has 0 aliphatic rings. The van der Waals surface area contributed by atoms with Crippen molar-refractivity contribution in [3.05, 3.63) is 41.6 Å². The number of halogens is 1. The number of imidazole rings is 1. The molecule has 0 unspecified atom stereocenters. The molecular weight excluding hydrogens is 236 g/mol. The highest BCUT2D eigenvalue weighted by Gasteiger charge is 2.06. The Balaban J connectivity index is 2.14. The van der Waals surface area contributed by atoms with Gasteiger partial charge >= 0.3 is 0 Å². The van der Waals surface area contributed by atoms with Crippen LogP contribution in [-0.2, 0) is 0 Å². The molecule has 0 bridgehead atoms. The lowest BCUT2D eigenvalue weighted by Crippen LogP contribution is -1.84. The van der Waals surface area contributed by atoms with Gasteiger partial charge in [0, 0.05) is 11.9 Å². The fraction of sp³-hybridized carbons (Fsp3) is 0. The topological polar surface area (TPSA) is 67.6 Å². The van der Waals surface area contributed by atoms with E-state index in [-0.39, 0.29) is 0 Å². The lowest BCUT2D eigenvalue weighted by Gasteiger charge is -1.94. The Bertz CT molecular complexity index is 673. The highest BCUT2D eigenvalue weighted by Crippen LogP contribution is 2.21. The van der Waals surface area contributed by atoms with E-state index in [1.165, 1.54) is 0 Å². The summed E-state index contributed by atoms with van der Waals surface area (Å²) in [6.45, 7) is 0. The number of aromatic amines is 1. The standard InChI is InChI=1S/C12H9ClN4/c13-7-1-3-10(15-6-7)12-16-9-4-2-8(14)5-11(9)17-12/h1-6H,14H2,(H,16,17). The number of benzene rings is 1. The summed E-state index contributed by atoms with van der Waals surface area (Å²) in [7, 11) is 0. The second-order valence-corrected chi connectivity index (χ2v) is 4.16. The Morgan fingerprint density at radius 1 is 1.18 bits per heavy atom. The summed E-state index contributed by atoms with van der Waals surface area (Å²) in [5.41, 5.74) is 8.94. The molecular formula is C12H9ClN4. The maximum atomic E-state index is 5.79. The van der Waals surface area contributed by atoms with Crippen LogP contribution < -0.4 is 5.73 Å². The Kier molecular flexibility index (Phi) is 2.23. The van der Waals surface area contributed by atoms with Gasteiger partial charge in [-0.15, -0.1) is 0 Å². The van der Waals surface area contributed by atoms with Crippen molar-refractivity contribution in [3.63, 3.8) is 0 Å². The number of aromatic nitrogens is 3. The molecule has 3 aromatic rings. The Labute approximate surface area is 102 Å². The van der Waals surface area contributed by atoms with Crippen molar-refractivity contribution in [1.82, 2.24) is 15.0 Å². The number of H-pyrrole nitrogens is 1. The van der Waals surface area contributed by atoms with Crippen LogP contribution >= 0.6 is 11.6 Å². The monoisotopic (exact) mass is 244 g/mol. The predicted molar refractivity (Wildman–Crippen MR) is 68.7 cm³/mol. The van der Waals surface area contributed by atoms with Crippen molar-refractivity contribution >= 4 is 28.3 Å². The smallest absolute Gasteiger partial charge is 0.157 e. The lowest BCUT2D eigenvalue weighted by atomic mass is 10.3. The van der Waals surface area contributed by atoms with Crippen LogP contribution in [0.5, 0.6) is 0 Å². The van der Waals surface area contributed by atoms with Gasteiger partial charge in [0.1, 0.15) is 5.69 Å². The first-order valence-electron chi connectivity index (χ1n) is 5.09. The SMILES string of the molecule is Nc1ccc2nc(-c3ccc(Cl)cn3)[nH]c2c1. The number of hydrogen-bond acceptors (Lipinski definition) is 3. The van der Waals surface area contributed by atoms with Gasteiger partial charge in [0.2, 0.25) is 0 Å². The average molecular weight is 245 g/mol.